The Morgan fingerprint density at radius 1 is 0.630 bits per heavy atom. The number of ether oxygens (including phenoxy) is 1. The molecule has 3 nitrogen and oxygen atoms in total. The largest absolute Gasteiger partial charge is 0.386 e. The monoisotopic (exact) mass is 482 g/mol. The van der Waals surface area contributed by atoms with Crippen molar-refractivity contribution in [1.29, 1.82) is 0 Å². The second-order valence-electron chi connectivity index (χ2n) is 6.03. The van der Waals surface area contributed by atoms with Gasteiger partial charge in [-0.3, -0.25) is 0 Å². The van der Waals surface area contributed by atoms with Crippen LogP contribution in [0.25, 0.3) is 21.5 Å². The minimum absolute atomic E-state index is 0.340. The van der Waals surface area contributed by atoms with E-state index in [1.165, 1.54) is 0 Å². The molecule has 0 spiro atoms. The van der Waals surface area contributed by atoms with Gasteiger partial charge in [0.1, 0.15) is 0 Å². The molecule has 132 valence electrons. The summed E-state index contributed by atoms with van der Waals surface area (Å²) in [5.41, 5.74) is 0.681. The van der Waals surface area contributed by atoms with Gasteiger partial charge < -0.3 is 4.74 Å². The highest BCUT2D eigenvalue weighted by atomic mass is 79.9. The summed E-state index contributed by atoms with van der Waals surface area (Å²) in [6.07, 6.45) is 0. The van der Waals surface area contributed by atoms with Crippen LogP contribution < -0.4 is 0 Å². The number of hydrogen-bond donors (Lipinski definition) is 0. The SMILES string of the molecule is O=C(OC(=O)c1cc(Br)cc2ccccc12)c1cc(Br)cc2ccccc12. The number of halogens is 2. The number of benzene rings is 4. The molecule has 0 bridgehead atoms. The summed E-state index contributed by atoms with van der Waals surface area (Å²) in [5.74, 6) is -1.36. The fourth-order valence-electron chi connectivity index (χ4n) is 3.08. The Morgan fingerprint density at radius 2 is 1.04 bits per heavy atom. The lowest BCUT2D eigenvalue weighted by molar-refractivity contribution is 0.0400. The van der Waals surface area contributed by atoms with Gasteiger partial charge >= 0.3 is 11.9 Å². The molecule has 4 rings (SSSR count). The summed E-state index contributed by atoms with van der Waals surface area (Å²) in [6, 6.07) is 22.1. The van der Waals surface area contributed by atoms with E-state index in [0.717, 1.165) is 30.5 Å². The van der Waals surface area contributed by atoms with E-state index in [1.54, 1.807) is 12.1 Å². The number of hydrogen-bond acceptors (Lipinski definition) is 3. The zero-order chi connectivity index (χ0) is 19.0. The lowest BCUT2D eigenvalue weighted by Gasteiger charge is -2.09. The Hall–Kier alpha value is -2.50. The Balaban J connectivity index is 1.74. The first-order valence-electron chi connectivity index (χ1n) is 8.16. The highest BCUT2D eigenvalue weighted by Gasteiger charge is 2.20. The third-order valence-corrected chi connectivity index (χ3v) is 5.19. The van der Waals surface area contributed by atoms with Crippen LogP contribution in [0, 0.1) is 0 Å². The van der Waals surface area contributed by atoms with Crippen LogP contribution in [0.2, 0.25) is 0 Å². The average molecular weight is 484 g/mol. The second-order valence-corrected chi connectivity index (χ2v) is 7.86. The molecule has 4 aromatic rings. The highest BCUT2D eigenvalue weighted by molar-refractivity contribution is 9.10. The van der Waals surface area contributed by atoms with Crippen LogP contribution in [-0.4, -0.2) is 11.9 Å². The van der Waals surface area contributed by atoms with E-state index in [1.807, 2.05) is 60.7 Å². The third kappa shape index (κ3) is 3.53. The summed E-state index contributed by atoms with van der Waals surface area (Å²) in [5, 5.41) is 3.24. The number of carbonyl (C=O) groups excluding carboxylic acids is 2. The van der Waals surface area contributed by atoms with E-state index in [2.05, 4.69) is 31.9 Å². The van der Waals surface area contributed by atoms with Crippen molar-refractivity contribution in [2.45, 2.75) is 0 Å². The number of carbonyl (C=O) groups is 2. The smallest absolute Gasteiger partial charge is 0.346 e. The van der Waals surface area contributed by atoms with Crippen molar-refractivity contribution < 1.29 is 14.3 Å². The van der Waals surface area contributed by atoms with Gasteiger partial charge in [0.2, 0.25) is 0 Å². The van der Waals surface area contributed by atoms with Crippen LogP contribution in [0.3, 0.4) is 0 Å². The molecular weight excluding hydrogens is 472 g/mol. The molecule has 4 aromatic carbocycles. The highest BCUT2D eigenvalue weighted by Crippen LogP contribution is 2.27. The fourth-order valence-corrected chi connectivity index (χ4v) is 4.03. The Kier molecular flexibility index (Phi) is 4.81. The Morgan fingerprint density at radius 3 is 1.48 bits per heavy atom. The maximum absolute atomic E-state index is 12.7. The average Bonchev–Trinajstić information content (AvgIpc) is 2.66. The molecule has 0 N–H and O–H groups in total. The van der Waals surface area contributed by atoms with E-state index < -0.39 is 11.9 Å². The van der Waals surface area contributed by atoms with Crippen LogP contribution in [-0.2, 0) is 4.74 Å². The predicted molar refractivity (Wildman–Crippen MR) is 113 cm³/mol. The molecule has 0 saturated carbocycles. The van der Waals surface area contributed by atoms with Gasteiger partial charge in [0.15, 0.2) is 0 Å². The quantitative estimate of drug-likeness (QED) is 0.241. The molecule has 0 atom stereocenters. The second kappa shape index (κ2) is 7.25. The van der Waals surface area contributed by atoms with Gasteiger partial charge in [-0.2, -0.15) is 0 Å². The van der Waals surface area contributed by atoms with Crippen molar-refractivity contribution in [3.05, 3.63) is 92.9 Å². The van der Waals surface area contributed by atoms with Crippen molar-refractivity contribution in [2.75, 3.05) is 0 Å². The van der Waals surface area contributed by atoms with Crippen LogP contribution >= 0.6 is 31.9 Å². The van der Waals surface area contributed by atoms with Gasteiger partial charge in [-0.25, -0.2) is 9.59 Å². The van der Waals surface area contributed by atoms with Gasteiger partial charge in [0.25, 0.3) is 0 Å². The van der Waals surface area contributed by atoms with E-state index >= 15 is 0 Å². The summed E-state index contributed by atoms with van der Waals surface area (Å²) < 4.78 is 6.72. The topological polar surface area (TPSA) is 43.4 Å². The minimum atomic E-state index is -0.679. The van der Waals surface area contributed by atoms with Gasteiger partial charge in [-0.05, 0) is 45.8 Å². The van der Waals surface area contributed by atoms with Gasteiger partial charge in [-0.1, -0.05) is 80.4 Å². The molecule has 0 radical (unpaired) electrons. The molecule has 5 heteroatoms. The van der Waals surface area contributed by atoms with Crippen LogP contribution in [0.15, 0.2) is 81.7 Å². The van der Waals surface area contributed by atoms with Crippen molar-refractivity contribution in [3.8, 4) is 0 Å². The van der Waals surface area contributed by atoms with Crippen molar-refractivity contribution in [2.24, 2.45) is 0 Å². The molecule has 0 aliphatic rings. The van der Waals surface area contributed by atoms with Gasteiger partial charge in [0.05, 0.1) is 11.1 Å². The molecule has 0 heterocycles. The van der Waals surface area contributed by atoms with Crippen LogP contribution in [0.5, 0.6) is 0 Å². The minimum Gasteiger partial charge on any atom is -0.386 e. The van der Waals surface area contributed by atoms with Crippen LogP contribution in [0.4, 0.5) is 0 Å². The number of rotatable bonds is 2. The molecule has 0 amide bonds. The molecular formula is C22H12Br2O3. The molecule has 0 unspecified atom stereocenters. The molecule has 0 aliphatic heterocycles. The lowest BCUT2D eigenvalue weighted by Crippen LogP contribution is -2.13. The first kappa shape index (κ1) is 17.9. The molecule has 0 fully saturated rings. The predicted octanol–water partition coefficient (Wildman–Crippen LogP) is 6.52. The van der Waals surface area contributed by atoms with E-state index in [-0.39, 0.29) is 0 Å². The lowest BCUT2D eigenvalue weighted by atomic mass is 10.0. The normalized spacial score (nSPS) is 10.9. The molecule has 0 saturated heterocycles. The number of esters is 2. The zero-order valence-corrected chi connectivity index (χ0v) is 17.1. The summed E-state index contributed by atoms with van der Waals surface area (Å²) in [7, 11) is 0. The summed E-state index contributed by atoms with van der Waals surface area (Å²) >= 11 is 6.81. The maximum atomic E-state index is 12.7. The number of fused-ring (bicyclic) bond motifs is 2. The van der Waals surface area contributed by atoms with Gasteiger partial charge in [-0.15, -0.1) is 0 Å². The molecule has 27 heavy (non-hydrogen) atoms. The fraction of sp³-hybridized carbons (Fsp3) is 0. The Labute approximate surface area is 172 Å². The standard InChI is InChI=1S/C22H12Br2O3/c23-15-9-13-5-1-3-7-17(13)19(11-15)21(25)27-22(26)20-12-16(24)10-14-6-2-4-8-18(14)20/h1-12H. The van der Waals surface area contributed by atoms with E-state index in [9.17, 15) is 9.59 Å². The van der Waals surface area contributed by atoms with Crippen molar-refractivity contribution >= 4 is 65.3 Å². The van der Waals surface area contributed by atoms with Crippen molar-refractivity contribution in [3.63, 3.8) is 0 Å². The van der Waals surface area contributed by atoms with Crippen LogP contribution in [0.1, 0.15) is 20.7 Å². The maximum Gasteiger partial charge on any atom is 0.346 e. The van der Waals surface area contributed by atoms with E-state index in [4.69, 9.17) is 4.74 Å². The van der Waals surface area contributed by atoms with Gasteiger partial charge in [0, 0.05) is 8.95 Å². The first-order valence-corrected chi connectivity index (χ1v) is 9.74. The summed E-state index contributed by atoms with van der Waals surface area (Å²) in [4.78, 5) is 25.5. The third-order valence-electron chi connectivity index (χ3n) is 4.28. The Bertz CT molecular complexity index is 1120. The van der Waals surface area contributed by atoms with E-state index in [0.29, 0.717) is 11.1 Å². The molecule has 0 aromatic heterocycles. The summed E-state index contributed by atoms with van der Waals surface area (Å²) in [6.45, 7) is 0. The van der Waals surface area contributed by atoms with Crippen molar-refractivity contribution in [1.82, 2.24) is 0 Å². The zero-order valence-electron chi connectivity index (χ0n) is 13.9. The first-order chi connectivity index (χ1) is 13.0. The molecule has 0 aliphatic carbocycles.